The number of hydrogen-bond acceptors (Lipinski definition) is 3. The zero-order valence-electron chi connectivity index (χ0n) is 7.87. The van der Waals surface area contributed by atoms with Gasteiger partial charge >= 0.3 is 0 Å². The topological polar surface area (TPSA) is 70.7 Å². The van der Waals surface area contributed by atoms with Gasteiger partial charge in [0.1, 0.15) is 0 Å². The van der Waals surface area contributed by atoms with Crippen LogP contribution in [0.25, 0.3) is 0 Å². The van der Waals surface area contributed by atoms with E-state index >= 15 is 0 Å². The van der Waals surface area contributed by atoms with E-state index in [-0.39, 0.29) is 11.8 Å². The summed E-state index contributed by atoms with van der Waals surface area (Å²) in [5, 5.41) is 12.4. The van der Waals surface area contributed by atoms with E-state index in [0.29, 0.717) is 5.82 Å². The molecular formula is C8H14N4O. The lowest BCUT2D eigenvalue weighted by Gasteiger charge is -2.07. The van der Waals surface area contributed by atoms with Gasteiger partial charge in [-0.25, -0.2) is 0 Å². The number of hydrogen-bond donors (Lipinski definition) is 2. The average molecular weight is 182 g/mol. The number of aromatic amines is 1. The van der Waals surface area contributed by atoms with Crippen LogP contribution in [0.15, 0.2) is 6.20 Å². The summed E-state index contributed by atoms with van der Waals surface area (Å²) in [5.41, 5.74) is 0. The molecule has 0 fully saturated rings. The maximum Gasteiger partial charge on any atom is 0.228 e. The Morgan fingerprint density at radius 3 is 3.08 bits per heavy atom. The van der Waals surface area contributed by atoms with Crippen molar-refractivity contribution >= 4 is 11.7 Å². The van der Waals surface area contributed by atoms with Gasteiger partial charge in [0, 0.05) is 5.92 Å². The predicted octanol–water partition coefficient (Wildman–Crippen LogP) is 1.18. The van der Waals surface area contributed by atoms with E-state index in [1.165, 1.54) is 6.20 Å². The van der Waals surface area contributed by atoms with Gasteiger partial charge in [0.2, 0.25) is 5.91 Å². The molecule has 1 aromatic heterocycles. The molecule has 5 heteroatoms. The van der Waals surface area contributed by atoms with Crippen LogP contribution in [0.1, 0.15) is 26.7 Å². The Bertz CT molecular complexity index is 257. The lowest BCUT2D eigenvalue weighted by atomic mass is 10.1. The van der Waals surface area contributed by atoms with Gasteiger partial charge in [-0.05, 0) is 6.42 Å². The van der Waals surface area contributed by atoms with Gasteiger partial charge in [-0.15, -0.1) is 5.10 Å². The molecule has 0 bridgehead atoms. The van der Waals surface area contributed by atoms with E-state index in [1.807, 2.05) is 6.92 Å². The molecule has 13 heavy (non-hydrogen) atoms. The van der Waals surface area contributed by atoms with Crippen LogP contribution < -0.4 is 5.32 Å². The molecule has 1 rings (SSSR count). The van der Waals surface area contributed by atoms with Gasteiger partial charge in [-0.2, -0.15) is 10.3 Å². The fourth-order valence-electron chi connectivity index (χ4n) is 1.08. The Morgan fingerprint density at radius 1 is 1.77 bits per heavy atom. The fraction of sp³-hybridized carbons (Fsp3) is 0.625. The Morgan fingerprint density at radius 2 is 2.54 bits per heavy atom. The molecule has 0 saturated heterocycles. The highest BCUT2D eigenvalue weighted by Gasteiger charge is 2.12. The summed E-state index contributed by atoms with van der Waals surface area (Å²) in [5.74, 6) is 0.505. The summed E-state index contributed by atoms with van der Waals surface area (Å²) in [6.07, 6.45) is 3.38. The first kappa shape index (κ1) is 9.70. The predicted molar refractivity (Wildman–Crippen MR) is 49.1 cm³/mol. The van der Waals surface area contributed by atoms with Gasteiger partial charge in [0.25, 0.3) is 0 Å². The van der Waals surface area contributed by atoms with Crippen molar-refractivity contribution in [2.75, 3.05) is 5.32 Å². The number of nitrogens with one attached hydrogen (secondary N) is 2. The van der Waals surface area contributed by atoms with E-state index < -0.39 is 0 Å². The first-order chi connectivity index (χ1) is 6.24. The smallest absolute Gasteiger partial charge is 0.228 e. The van der Waals surface area contributed by atoms with Gasteiger partial charge in [0.05, 0.1) is 6.20 Å². The first-order valence-electron chi connectivity index (χ1n) is 4.40. The van der Waals surface area contributed by atoms with E-state index in [2.05, 4.69) is 27.7 Å². The zero-order valence-corrected chi connectivity index (χ0v) is 7.87. The molecule has 0 saturated carbocycles. The summed E-state index contributed by atoms with van der Waals surface area (Å²) >= 11 is 0. The average Bonchev–Trinajstić information content (AvgIpc) is 2.57. The third-order valence-electron chi connectivity index (χ3n) is 1.84. The summed E-state index contributed by atoms with van der Waals surface area (Å²) in [7, 11) is 0. The highest BCUT2D eigenvalue weighted by molar-refractivity contribution is 5.91. The molecule has 0 aliphatic carbocycles. The van der Waals surface area contributed by atoms with Gasteiger partial charge in [-0.1, -0.05) is 20.3 Å². The number of rotatable bonds is 4. The van der Waals surface area contributed by atoms with E-state index in [0.717, 1.165) is 12.8 Å². The fourth-order valence-corrected chi connectivity index (χ4v) is 1.08. The Kier molecular flexibility index (Phi) is 3.42. The van der Waals surface area contributed by atoms with Crippen molar-refractivity contribution in [1.82, 2.24) is 15.4 Å². The molecule has 1 atom stereocenters. The maximum absolute atomic E-state index is 11.4. The second-order valence-electron chi connectivity index (χ2n) is 3.03. The molecule has 5 nitrogen and oxygen atoms in total. The normalized spacial score (nSPS) is 12.5. The van der Waals surface area contributed by atoms with Crippen molar-refractivity contribution < 1.29 is 4.79 Å². The third kappa shape index (κ3) is 2.85. The minimum Gasteiger partial charge on any atom is -0.308 e. The highest BCUT2D eigenvalue weighted by atomic mass is 16.1. The molecule has 1 amide bonds. The van der Waals surface area contributed by atoms with Crippen LogP contribution in [0.5, 0.6) is 0 Å². The summed E-state index contributed by atoms with van der Waals surface area (Å²) in [4.78, 5) is 11.4. The van der Waals surface area contributed by atoms with Crippen molar-refractivity contribution in [3.05, 3.63) is 6.20 Å². The quantitative estimate of drug-likeness (QED) is 0.734. The van der Waals surface area contributed by atoms with E-state index in [1.54, 1.807) is 0 Å². The van der Waals surface area contributed by atoms with Crippen LogP contribution in [0.4, 0.5) is 5.82 Å². The molecular weight excluding hydrogens is 168 g/mol. The van der Waals surface area contributed by atoms with Gasteiger partial charge in [-0.3, -0.25) is 4.79 Å². The largest absolute Gasteiger partial charge is 0.308 e. The molecule has 0 aliphatic rings. The van der Waals surface area contributed by atoms with E-state index in [4.69, 9.17) is 0 Å². The number of amides is 1. The molecule has 72 valence electrons. The lowest BCUT2D eigenvalue weighted by molar-refractivity contribution is -0.119. The molecule has 0 aliphatic heterocycles. The number of carbonyl (C=O) groups is 1. The highest BCUT2D eigenvalue weighted by Crippen LogP contribution is 2.07. The third-order valence-corrected chi connectivity index (χ3v) is 1.84. The second kappa shape index (κ2) is 4.59. The zero-order chi connectivity index (χ0) is 9.68. The van der Waals surface area contributed by atoms with Crippen molar-refractivity contribution in [1.29, 1.82) is 0 Å². The van der Waals surface area contributed by atoms with Crippen molar-refractivity contribution in [3.8, 4) is 0 Å². The van der Waals surface area contributed by atoms with Crippen molar-refractivity contribution in [3.63, 3.8) is 0 Å². The summed E-state index contributed by atoms with van der Waals surface area (Å²) < 4.78 is 0. The molecule has 1 aromatic rings. The standard InChI is InChI=1S/C8H14N4O/c1-3-4-6(2)8(13)10-7-5-9-12-11-7/h5-6H,3-4H2,1-2H3,(H2,9,10,11,12,13). The Labute approximate surface area is 76.9 Å². The summed E-state index contributed by atoms with van der Waals surface area (Å²) in [6, 6.07) is 0. The number of anilines is 1. The SMILES string of the molecule is CCCC(C)C(=O)Nc1cn[nH]n1. The number of H-pyrrole nitrogens is 1. The molecule has 0 radical (unpaired) electrons. The number of nitrogens with zero attached hydrogens (tertiary/aromatic N) is 2. The summed E-state index contributed by atoms with van der Waals surface area (Å²) in [6.45, 7) is 3.96. The minimum atomic E-state index is -0.00394. The lowest BCUT2D eigenvalue weighted by Crippen LogP contribution is -2.20. The molecule has 0 spiro atoms. The van der Waals surface area contributed by atoms with Gasteiger partial charge < -0.3 is 5.32 Å². The minimum absolute atomic E-state index is 0.00394. The monoisotopic (exact) mass is 182 g/mol. The van der Waals surface area contributed by atoms with Crippen LogP contribution in [-0.2, 0) is 4.79 Å². The first-order valence-corrected chi connectivity index (χ1v) is 4.40. The van der Waals surface area contributed by atoms with Crippen molar-refractivity contribution in [2.45, 2.75) is 26.7 Å². The Hall–Kier alpha value is -1.39. The van der Waals surface area contributed by atoms with Crippen molar-refractivity contribution in [2.24, 2.45) is 5.92 Å². The second-order valence-corrected chi connectivity index (χ2v) is 3.03. The van der Waals surface area contributed by atoms with Crippen LogP contribution in [0.2, 0.25) is 0 Å². The molecule has 1 unspecified atom stereocenters. The molecule has 2 N–H and O–H groups in total. The van der Waals surface area contributed by atoms with Crippen LogP contribution in [-0.4, -0.2) is 21.3 Å². The number of aromatic nitrogens is 3. The Balaban J connectivity index is 2.41. The van der Waals surface area contributed by atoms with Crippen LogP contribution >= 0.6 is 0 Å². The van der Waals surface area contributed by atoms with Crippen LogP contribution in [0.3, 0.4) is 0 Å². The maximum atomic E-state index is 11.4. The molecule has 1 heterocycles. The van der Waals surface area contributed by atoms with Gasteiger partial charge in [0.15, 0.2) is 5.82 Å². The number of carbonyl (C=O) groups excluding carboxylic acids is 1. The molecule has 0 aromatic carbocycles. The van der Waals surface area contributed by atoms with E-state index in [9.17, 15) is 4.79 Å². The van der Waals surface area contributed by atoms with Crippen LogP contribution in [0, 0.1) is 5.92 Å².